The summed E-state index contributed by atoms with van der Waals surface area (Å²) in [5.74, 6) is -1.02. The van der Waals surface area contributed by atoms with Crippen LogP contribution in [0.3, 0.4) is 0 Å². The van der Waals surface area contributed by atoms with Gasteiger partial charge in [-0.3, -0.25) is 0 Å². The van der Waals surface area contributed by atoms with E-state index in [1.165, 1.54) is 18.2 Å². The second-order valence-corrected chi connectivity index (χ2v) is 5.01. The van der Waals surface area contributed by atoms with E-state index in [0.29, 0.717) is 6.54 Å². The van der Waals surface area contributed by atoms with Crippen LogP contribution in [0.25, 0.3) is 10.9 Å². The lowest BCUT2D eigenvalue weighted by molar-refractivity contribution is 0.543. The van der Waals surface area contributed by atoms with Crippen molar-refractivity contribution in [3.63, 3.8) is 0 Å². The maximum Gasteiger partial charge on any atom is 0.131 e. The molecule has 0 amide bonds. The minimum absolute atomic E-state index is 0.0937. The van der Waals surface area contributed by atoms with E-state index in [1.807, 2.05) is 41.9 Å². The van der Waals surface area contributed by atoms with Gasteiger partial charge < -0.3 is 9.88 Å². The SMILES string of the molecule is CNCc1cc2ccccc2n1Cc1c(F)cccc1F. The smallest absolute Gasteiger partial charge is 0.131 e. The molecule has 0 aliphatic carbocycles. The maximum absolute atomic E-state index is 13.9. The number of halogens is 2. The third-order valence-corrected chi connectivity index (χ3v) is 3.63. The summed E-state index contributed by atoms with van der Waals surface area (Å²) < 4.78 is 29.7. The number of aromatic nitrogens is 1. The van der Waals surface area contributed by atoms with Crippen LogP contribution in [0.4, 0.5) is 8.78 Å². The van der Waals surface area contributed by atoms with E-state index in [4.69, 9.17) is 0 Å². The zero-order valence-corrected chi connectivity index (χ0v) is 11.7. The molecule has 3 rings (SSSR count). The molecular formula is C17H16F2N2. The Morgan fingerprint density at radius 3 is 2.43 bits per heavy atom. The van der Waals surface area contributed by atoms with Crippen LogP contribution >= 0.6 is 0 Å². The molecule has 0 atom stereocenters. The third-order valence-electron chi connectivity index (χ3n) is 3.63. The van der Waals surface area contributed by atoms with Crippen molar-refractivity contribution in [2.24, 2.45) is 0 Å². The van der Waals surface area contributed by atoms with Crippen LogP contribution < -0.4 is 5.32 Å². The van der Waals surface area contributed by atoms with Crippen molar-refractivity contribution in [1.82, 2.24) is 9.88 Å². The van der Waals surface area contributed by atoms with Gasteiger partial charge in [0.15, 0.2) is 0 Å². The summed E-state index contributed by atoms with van der Waals surface area (Å²) in [6.45, 7) is 0.827. The number of benzene rings is 2. The topological polar surface area (TPSA) is 17.0 Å². The number of nitrogens with zero attached hydrogens (tertiary/aromatic N) is 1. The lowest BCUT2D eigenvalue weighted by Gasteiger charge is -2.12. The highest BCUT2D eigenvalue weighted by molar-refractivity contribution is 5.81. The molecule has 2 aromatic carbocycles. The lowest BCUT2D eigenvalue weighted by Crippen LogP contribution is -2.13. The third kappa shape index (κ3) is 2.54. The van der Waals surface area contributed by atoms with Crippen molar-refractivity contribution in [2.75, 3.05) is 7.05 Å². The molecule has 0 saturated carbocycles. The molecule has 1 N–H and O–H groups in total. The summed E-state index contributed by atoms with van der Waals surface area (Å²) in [4.78, 5) is 0. The predicted octanol–water partition coefficient (Wildman–Crippen LogP) is 3.69. The van der Waals surface area contributed by atoms with Gasteiger partial charge in [-0.05, 0) is 36.7 Å². The molecule has 0 aliphatic rings. The van der Waals surface area contributed by atoms with Gasteiger partial charge in [-0.2, -0.15) is 0 Å². The molecule has 0 saturated heterocycles. The van der Waals surface area contributed by atoms with Gasteiger partial charge in [0.2, 0.25) is 0 Å². The molecule has 2 nitrogen and oxygen atoms in total. The number of fused-ring (bicyclic) bond motifs is 1. The number of para-hydroxylation sites is 1. The van der Waals surface area contributed by atoms with Crippen molar-refractivity contribution in [3.8, 4) is 0 Å². The Labute approximate surface area is 122 Å². The standard InChI is InChI=1S/C17H16F2N2/c1-20-10-13-9-12-5-2-3-8-17(12)21(13)11-14-15(18)6-4-7-16(14)19/h2-9,20H,10-11H2,1H3. The zero-order chi connectivity index (χ0) is 14.8. The van der Waals surface area contributed by atoms with E-state index in [1.54, 1.807) is 0 Å². The van der Waals surface area contributed by atoms with Gasteiger partial charge in [-0.25, -0.2) is 8.78 Å². The van der Waals surface area contributed by atoms with E-state index in [0.717, 1.165) is 16.6 Å². The number of hydrogen-bond donors (Lipinski definition) is 1. The van der Waals surface area contributed by atoms with E-state index in [2.05, 4.69) is 5.32 Å². The second-order valence-electron chi connectivity index (χ2n) is 5.01. The van der Waals surface area contributed by atoms with E-state index in [9.17, 15) is 8.78 Å². The molecule has 0 unspecified atom stereocenters. The van der Waals surface area contributed by atoms with Crippen molar-refractivity contribution in [1.29, 1.82) is 0 Å². The molecule has 0 aliphatic heterocycles. The normalized spacial score (nSPS) is 11.2. The van der Waals surface area contributed by atoms with Gasteiger partial charge in [0.05, 0.1) is 6.54 Å². The molecule has 0 spiro atoms. The Morgan fingerprint density at radius 2 is 1.71 bits per heavy atom. The fraction of sp³-hybridized carbons (Fsp3) is 0.176. The van der Waals surface area contributed by atoms with E-state index in [-0.39, 0.29) is 12.1 Å². The quantitative estimate of drug-likeness (QED) is 0.774. The molecule has 0 radical (unpaired) electrons. The molecule has 21 heavy (non-hydrogen) atoms. The monoisotopic (exact) mass is 286 g/mol. The van der Waals surface area contributed by atoms with E-state index >= 15 is 0 Å². The summed E-state index contributed by atoms with van der Waals surface area (Å²) in [5, 5.41) is 4.16. The number of hydrogen-bond acceptors (Lipinski definition) is 1. The Morgan fingerprint density at radius 1 is 1.00 bits per heavy atom. The highest BCUT2D eigenvalue weighted by Crippen LogP contribution is 2.23. The Hall–Kier alpha value is -2.20. The van der Waals surface area contributed by atoms with Crippen LogP contribution in [0.2, 0.25) is 0 Å². The molecule has 0 bridgehead atoms. The number of rotatable bonds is 4. The van der Waals surface area contributed by atoms with Gasteiger partial charge in [0.1, 0.15) is 11.6 Å². The van der Waals surface area contributed by atoms with Crippen molar-refractivity contribution in [2.45, 2.75) is 13.1 Å². The zero-order valence-electron chi connectivity index (χ0n) is 11.7. The molecule has 3 aromatic rings. The van der Waals surface area contributed by atoms with Crippen LogP contribution in [0, 0.1) is 11.6 Å². The summed E-state index contributed by atoms with van der Waals surface area (Å²) in [6, 6.07) is 13.9. The Kier molecular flexibility index (Phi) is 3.71. The fourth-order valence-corrected chi connectivity index (χ4v) is 2.62. The van der Waals surface area contributed by atoms with Crippen molar-refractivity contribution in [3.05, 3.63) is 71.4 Å². The van der Waals surface area contributed by atoms with Crippen LogP contribution in [0.15, 0.2) is 48.5 Å². The summed E-state index contributed by atoms with van der Waals surface area (Å²) in [6.07, 6.45) is 0. The van der Waals surface area contributed by atoms with Crippen LogP contribution in [0.1, 0.15) is 11.3 Å². The molecular weight excluding hydrogens is 270 g/mol. The van der Waals surface area contributed by atoms with Crippen molar-refractivity contribution >= 4 is 10.9 Å². The first kappa shape index (κ1) is 13.8. The summed E-state index contributed by atoms with van der Waals surface area (Å²) >= 11 is 0. The van der Waals surface area contributed by atoms with Crippen molar-refractivity contribution < 1.29 is 8.78 Å². The highest BCUT2D eigenvalue weighted by Gasteiger charge is 2.13. The Bertz CT molecular complexity index is 757. The second kappa shape index (κ2) is 5.66. The predicted molar refractivity (Wildman–Crippen MR) is 80.2 cm³/mol. The van der Waals surface area contributed by atoms with Gasteiger partial charge in [-0.1, -0.05) is 24.3 Å². The van der Waals surface area contributed by atoms with Crippen LogP contribution in [-0.2, 0) is 13.1 Å². The molecule has 108 valence electrons. The molecule has 1 heterocycles. The summed E-state index contributed by atoms with van der Waals surface area (Å²) in [7, 11) is 1.85. The van der Waals surface area contributed by atoms with Gasteiger partial charge in [0.25, 0.3) is 0 Å². The molecule has 1 aromatic heterocycles. The highest BCUT2D eigenvalue weighted by atomic mass is 19.1. The number of nitrogens with one attached hydrogen (secondary N) is 1. The minimum atomic E-state index is -0.511. The average Bonchev–Trinajstić information content (AvgIpc) is 2.81. The van der Waals surface area contributed by atoms with E-state index < -0.39 is 11.6 Å². The maximum atomic E-state index is 13.9. The summed E-state index contributed by atoms with van der Waals surface area (Å²) in [5.41, 5.74) is 2.07. The fourth-order valence-electron chi connectivity index (χ4n) is 2.62. The van der Waals surface area contributed by atoms with Gasteiger partial charge in [0, 0.05) is 23.3 Å². The first-order chi connectivity index (χ1) is 10.2. The average molecular weight is 286 g/mol. The van der Waals surface area contributed by atoms with Crippen LogP contribution in [-0.4, -0.2) is 11.6 Å². The first-order valence-corrected chi connectivity index (χ1v) is 6.85. The lowest BCUT2D eigenvalue weighted by atomic mass is 10.2. The first-order valence-electron chi connectivity index (χ1n) is 6.85. The Balaban J connectivity index is 2.12. The molecule has 0 fully saturated rings. The largest absolute Gasteiger partial charge is 0.339 e. The van der Waals surface area contributed by atoms with Gasteiger partial charge in [-0.15, -0.1) is 0 Å². The molecule has 4 heteroatoms. The van der Waals surface area contributed by atoms with Gasteiger partial charge >= 0.3 is 0 Å². The minimum Gasteiger partial charge on any atom is -0.339 e. The van der Waals surface area contributed by atoms with Crippen LogP contribution in [0.5, 0.6) is 0 Å².